The largest absolute Gasteiger partial charge is 0.506 e. The van der Waals surface area contributed by atoms with E-state index in [1.807, 2.05) is 19.9 Å². The molecule has 0 aliphatic carbocycles. The topological polar surface area (TPSA) is 46.2 Å². The first-order valence-electron chi connectivity index (χ1n) is 4.16. The second-order valence-corrected chi connectivity index (χ2v) is 4.16. The number of benzene rings is 1. The van der Waals surface area contributed by atoms with Gasteiger partial charge >= 0.3 is 0 Å². The Balaban J connectivity index is 3.10. The number of halogens is 1. The Kier molecular flexibility index (Phi) is 2.84. The van der Waals surface area contributed by atoms with Crippen molar-refractivity contribution in [2.75, 3.05) is 6.54 Å². The van der Waals surface area contributed by atoms with E-state index in [0.29, 0.717) is 11.6 Å². The average Bonchev–Trinajstić information content (AvgIpc) is 2.09. The molecule has 3 N–H and O–H groups in total. The van der Waals surface area contributed by atoms with Crippen LogP contribution in [0.3, 0.4) is 0 Å². The van der Waals surface area contributed by atoms with Crippen LogP contribution in [-0.2, 0) is 5.41 Å². The molecule has 1 aromatic rings. The zero-order valence-corrected chi connectivity index (χ0v) is 8.60. The monoisotopic (exact) mass is 199 g/mol. The summed E-state index contributed by atoms with van der Waals surface area (Å²) in [4.78, 5) is 0. The van der Waals surface area contributed by atoms with Gasteiger partial charge in [-0.3, -0.25) is 0 Å². The Morgan fingerprint density at radius 1 is 1.46 bits per heavy atom. The van der Waals surface area contributed by atoms with Crippen molar-refractivity contribution < 1.29 is 5.11 Å². The maximum absolute atomic E-state index is 9.22. The first-order chi connectivity index (χ1) is 5.97. The summed E-state index contributed by atoms with van der Waals surface area (Å²) in [5.41, 5.74) is 6.56. The molecule has 0 heterocycles. The molecule has 1 rings (SSSR count). The molecule has 0 unspecified atom stereocenters. The van der Waals surface area contributed by atoms with Crippen molar-refractivity contribution >= 4 is 11.6 Å². The predicted molar refractivity (Wildman–Crippen MR) is 55.2 cm³/mol. The van der Waals surface area contributed by atoms with E-state index >= 15 is 0 Å². The molecule has 0 bridgehead atoms. The van der Waals surface area contributed by atoms with Gasteiger partial charge in [0.25, 0.3) is 0 Å². The molecule has 0 spiro atoms. The van der Waals surface area contributed by atoms with Gasteiger partial charge in [0.05, 0.1) is 5.02 Å². The number of phenolic OH excluding ortho intramolecular Hbond substituents is 1. The Bertz CT molecular complexity index is 310. The molecule has 72 valence electrons. The Hall–Kier alpha value is -0.730. The number of hydrogen-bond donors (Lipinski definition) is 2. The van der Waals surface area contributed by atoms with Crippen molar-refractivity contribution in [1.29, 1.82) is 0 Å². The van der Waals surface area contributed by atoms with E-state index < -0.39 is 0 Å². The van der Waals surface area contributed by atoms with Crippen molar-refractivity contribution in [3.63, 3.8) is 0 Å². The minimum atomic E-state index is -0.0999. The number of phenols is 1. The second kappa shape index (κ2) is 3.56. The van der Waals surface area contributed by atoms with Crippen LogP contribution in [0.1, 0.15) is 19.4 Å². The third kappa shape index (κ3) is 2.14. The van der Waals surface area contributed by atoms with Gasteiger partial charge in [-0.15, -0.1) is 0 Å². The van der Waals surface area contributed by atoms with E-state index in [2.05, 4.69) is 0 Å². The lowest BCUT2D eigenvalue weighted by atomic mass is 9.85. The Morgan fingerprint density at radius 3 is 2.54 bits per heavy atom. The molecule has 13 heavy (non-hydrogen) atoms. The lowest BCUT2D eigenvalue weighted by molar-refractivity contribution is 0.473. The van der Waals surface area contributed by atoms with Crippen LogP contribution >= 0.6 is 11.6 Å². The fraction of sp³-hybridized carbons (Fsp3) is 0.400. The van der Waals surface area contributed by atoms with Crippen LogP contribution in [0.4, 0.5) is 0 Å². The zero-order chi connectivity index (χ0) is 10.1. The third-order valence-electron chi connectivity index (χ3n) is 2.24. The average molecular weight is 200 g/mol. The molecule has 0 saturated carbocycles. The van der Waals surface area contributed by atoms with E-state index in [0.717, 1.165) is 5.56 Å². The summed E-state index contributed by atoms with van der Waals surface area (Å²) < 4.78 is 0. The number of hydrogen-bond acceptors (Lipinski definition) is 2. The maximum atomic E-state index is 9.22. The first-order valence-corrected chi connectivity index (χ1v) is 4.54. The highest BCUT2D eigenvalue weighted by atomic mass is 35.5. The molecule has 0 saturated heterocycles. The van der Waals surface area contributed by atoms with Crippen LogP contribution < -0.4 is 5.73 Å². The molecule has 0 aliphatic heterocycles. The SMILES string of the molecule is CC(C)(CN)c1ccc(O)c(Cl)c1. The van der Waals surface area contributed by atoms with Crippen LogP contribution in [0, 0.1) is 0 Å². The lowest BCUT2D eigenvalue weighted by Gasteiger charge is -2.23. The van der Waals surface area contributed by atoms with Crippen LogP contribution in [0.15, 0.2) is 18.2 Å². The summed E-state index contributed by atoms with van der Waals surface area (Å²) in [5, 5.41) is 9.59. The molecule has 0 fully saturated rings. The predicted octanol–water partition coefficient (Wildman–Crippen LogP) is 2.28. The summed E-state index contributed by atoms with van der Waals surface area (Å²) in [6.07, 6.45) is 0. The molecule has 0 radical (unpaired) electrons. The summed E-state index contributed by atoms with van der Waals surface area (Å²) in [7, 11) is 0. The molecule has 0 amide bonds. The first kappa shape index (κ1) is 10.4. The smallest absolute Gasteiger partial charge is 0.134 e. The van der Waals surface area contributed by atoms with Crippen molar-refractivity contribution in [1.82, 2.24) is 0 Å². The van der Waals surface area contributed by atoms with Crippen LogP contribution in [-0.4, -0.2) is 11.7 Å². The van der Waals surface area contributed by atoms with Crippen molar-refractivity contribution in [3.8, 4) is 5.75 Å². The van der Waals surface area contributed by atoms with Gasteiger partial charge in [-0.05, 0) is 17.7 Å². The lowest BCUT2D eigenvalue weighted by Crippen LogP contribution is -2.27. The molecule has 0 atom stereocenters. The molecular formula is C10H14ClNO. The number of aromatic hydroxyl groups is 1. The van der Waals surface area contributed by atoms with E-state index in [4.69, 9.17) is 17.3 Å². The highest BCUT2D eigenvalue weighted by Gasteiger charge is 2.19. The van der Waals surface area contributed by atoms with E-state index in [1.165, 1.54) is 0 Å². The minimum absolute atomic E-state index is 0.0999. The second-order valence-electron chi connectivity index (χ2n) is 3.75. The van der Waals surface area contributed by atoms with Crippen LogP contribution in [0.5, 0.6) is 5.75 Å². The summed E-state index contributed by atoms with van der Waals surface area (Å²) in [5.74, 6) is 0.109. The van der Waals surface area contributed by atoms with Crippen molar-refractivity contribution in [3.05, 3.63) is 28.8 Å². The van der Waals surface area contributed by atoms with E-state index in [9.17, 15) is 5.11 Å². The molecule has 0 aromatic heterocycles. The van der Waals surface area contributed by atoms with E-state index in [1.54, 1.807) is 12.1 Å². The molecule has 0 aliphatic rings. The van der Waals surface area contributed by atoms with Gasteiger partial charge in [0.1, 0.15) is 5.75 Å². The molecule has 1 aromatic carbocycles. The standard InChI is InChI=1S/C10H14ClNO/c1-10(2,6-12)7-3-4-9(13)8(11)5-7/h3-5,13H,6,12H2,1-2H3. The van der Waals surface area contributed by atoms with Gasteiger partial charge in [0.2, 0.25) is 0 Å². The van der Waals surface area contributed by atoms with Gasteiger partial charge < -0.3 is 10.8 Å². The summed E-state index contributed by atoms with van der Waals surface area (Å²) >= 11 is 5.79. The van der Waals surface area contributed by atoms with Crippen LogP contribution in [0.25, 0.3) is 0 Å². The summed E-state index contributed by atoms with van der Waals surface area (Å²) in [6, 6.07) is 5.19. The van der Waals surface area contributed by atoms with Crippen LogP contribution in [0.2, 0.25) is 5.02 Å². The quantitative estimate of drug-likeness (QED) is 0.768. The van der Waals surface area contributed by atoms with Gasteiger partial charge in [-0.1, -0.05) is 31.5 Å². The third-order valence-corrected chi connectivity index (χ3v) is 2.54. The number of nitrogens with two attached hydrogens (primary N) is 1. The van der Waals surface area contributed by atoms with Gasteiger partial charge in [0, 0.05) is 12.0 Å². The molecule has 3 heteroatoms. The Morgan fingerprint density at radius 2 is 2.08 bits per heavy atom. The van der Waals surface area contributed by atoms with Gasteiger partial charge in [0.15, 0.2) is 0 Å². The Labute approximate surface area is 83.3 Å². The zero-order valence-electron chi connectivity index (χ0n) is 7.84. The van der Waals surface area contributed by atoms with E-state index in [-0.39, 0.29) is 11.2 Å². The number of rotatable bonds is 2. The van der Waals surface area contributed by atoms with Gasteiger partial charge in [-0.2, -0.15) is 0 Å². The normalized spacial score (nSPS) is 11.7. The molecule has 2 nitrogen and oxygen atoms in total. The highest BCUT2D eigenvalue weighted by Crippen LogP contribution is 2.29. The fourth-order valence-electron chi connectivity index (χ4n) is 1.05. The van der Waals surface area contributed by atoms with Crippen molar-refractivity contribution in [2.24, 2.45) is 5.73 Å². The minimum Gasteiger partial charge on any atom is -0.506 e. The fourth-order valence-corrected chi connectivity index (χ4v) is 1.23. The van der Waals surface area contributed by atoms with Crippen molar-refractivity contribution in [2.45, 2.75) is 19.3 Å². The summed E-state index contributed by atoms with van der Waals surface area (Å²) in [6.45, 7) is 4.62. The van der Waals surface area contributed by atoms with Gasteiger partial charge in [-0.25, -0.2) is 0 Å². The highest BCUT2D eigenvalue weighted by molar-refractivity contribution is 6.32. The molecular weight excluding hydrogens is 186 g/mol. The maximum Gasteiger partial charge on any atom is 0.134 e.